The van der Waals surface area contributed by atoms with Gasteiger partial charge in [0.25, 0.3) is 0 Å². The minimum Gasteiger partial charge on any atom is -0.315 e. The Bertz CT molecular complexity index is 566. The number of nitrogens with zero attached hydrogens (tertiary/aromatic N) is 3. The van der Waals surface area contributed by atoms with E-state index in [0.29, 0.717) is 0 Å². The second-order valence-corrected chi connectivity index (χ2v) is 7.01. The summed E-state index contributed by atoms with van der Waals surface area (Å²) >= 11 is 5.10. The third-order valence-corrected chi connectivity index (χ3v) is 5.93. The Morgan fingerprint density at radius 3 is 2.70 bits per heavy atom. The Balaban J connectivity index is 2.01. The Morgan fingerprint density at radius 1 is 1.35 bits per heavy atom. The average molecular weight is 324 g/mol. The normalized spacial score (nSPS) is 11.7. The lowest BCUT2D eigenvalue weighted by Gasteiger charge is -2.18. The third-order valence-electron chi connectivity index (χ3n) is 2.67. The van der Waals surface area contributed by atoms with Crippen LogP contribution >= 0.6 is 34.9 Å². The lowest BCUT2D eigenvalue weighted by atomic mass is 10.2. The monoisotopic (exact) mass is 323 g/mol. The number of aliphatic imine (C=N–C) groups is 1. The van der Waals surface area contributed by atoms with Crippen molar-refractivity contribution >= 4 is 45.0 Å². The molecule has 0 atom stereocenters. The van der Waals surface area contributed by atoms with E-state index in [2.05, 4.69) is 39.1 Å². The fourth-order valence-corrected chi connectivity index (χ4v) is 3.96. The number of hydrogen-bond acceptors (Lipinski definition) is 5. The third kappa shape index (κ3) is 4.01. The number of thiazole rings is 1. The van der Waals surface area contributed by atoms with Gasteiger partial charge in [0.05, 0.1) is 6.20 Å². The molecule has 0 N–H and O–H groups in total. The van der Waals surface area contributed by atoms with Crippen LogP contribution < -0.4 is 4.90 Å². The molecule has 6 heteroatoms. The van der Waals surface area contributed by atoms with Gasteiger partial charge in [-0.2, -0.15) is 0 Å². The summed E-state index contributed by atoms with van der Waals surface area (Å²) < 4.78 is 1.08. The number of benzene rings is 1. The van der Waals surface area contributed by atoms with Crippen molar-refractivity contribution in [2.45, 2.75) is 10.1 Å². The van der Waals surface area contributed by atoms with Crippen LogP contribution in [0.1, 0.15) is 5.56 Å². The van der Waals surface area contributed by atoms with Gasteiger partial charge in [0.15, 0.2) is 9.51 Å². The van der Waals surface area contributed by atoms with Crippen LogP contribution in [0.15, 0.2) is 45.9 Å². The summed E-state index contributed by atoms with van der Waals surface area (Å²) in [5.41, 5.74) is 1.31. The highest BCUT2D eigenvalue weighted by Gasteiger charge is 2.12. The molecule has 1 heterocycles. The van der Waals surface area contributed by atoms with Gasteiger partial charge < -0.3 is 4.90 Å². The van der Waals surface area contributed by atoms with E-state index in [1.54, 1.807) is 34.9 Å². The zero-order valence-electron chi connectivity index (χ0n) is 11.7. The summed E-state index contributed by atoms with van der Waals surface area (Å²) in [5, 5.41) is 2.13. The van der Waals surface area contributed by atoms with Crippen molar-refractivity contribution in [3.63, 3.8) is 0 Å². The van der Waals surface area contributed by atoms with Gasteiger partial charge in [-0.25, -0.2) is 4.98 Å². The Morgan fingerprint density at radius 2 is 2.10 bits per heavy atom. The van der Waals surface area contributed by atoms with Crippen LogP contribution in [0.2, 0.25) is 0 Å². The fourth-order valence-electron chi connectivity index (χ4n) is 1.63. The molecule has 20 heavy (non-hydrogen) atoms. The summed E-state index contributed by atoms with van der Waals surface area (Å²) in [5.74, 6) is 0.923. The standard InChI is InChI=1S/C14H17N3S3/c1-15-13(19-10-11-7-5-4-6-8-11)17(2)12-9-16-14(18-3)20-12/h4-9H,10H2,1-3H3. The smallest absolute Gasteiger partial charge is 0.164 e. The van der Waals surface area contributed by atoms with Crippen molar-refractivity contribution in [2.75, 3.05) is 25.3 Å². The summed E-state index contributed by atoms with van der Waals surface area (Å²) in [6, 6.07) is 10.4. The molecule has 3 nitrogen and oxygen atoms in total. The molecule has 106 valence electrons. The van der Waals surface area contributed by atoms with Crippen LogP contribution in [0.25, 0.3) is 0 Å². The van der Waals surface area contributed by atoms with Gasteiger partial charge in [-0.3, -0.25) is 4.99 Å². The van der Waals surface area contributed by atoms with Gasteiger partial charge in [-0.1, -0.05) is 65.2 Å². The lowest BCUT2D eigenvalue weighted by Crippen LogP contribution is -2.22. The molecule has 2 aromatic rings. The molecule has 0 aliphatic carbocycles. The molecule has 0 aliphatic rings. The molecule has 0 radical (unpaired) electrons. The van der Waals surface area contributed by atoms with E-state index in [1.165, 1.54) is 5.56 Å². The molecule has 0 saturated heterocycles. The predicted octanol–water partition coefficient (Wildman–Crippen LogP) is 4.22. The molecule has 0 fully saturated rings. The Kier molecular flexibility index (Phi) is 5.94. The van der Waals surface area contributed by atoms with E-state index in [9.17, 15) is 0 Å². The first kappa shape index (κ1) is 15.4. The highest BCUT2D eigenvalue weighted by molar-refractivity contribution is 8.13. The molecule has 0 spiro atoms. The average Bonchev–Trinajstić information content (AvgIpc) is 2.97. The van der Waals surface area contributed by atoms with Crippen LogP contribution in [0.5, 0.6) is 0 Å². The van der Waals surface area contributed by atoms with Crippen molar-refractivity contribution in [1.82, 2.24) is 4.98 Å². The quantitative estimate of drug-likeness (QED) is 0.478. The first-order valence-electron chi connectivity index (χ1n) is 6.11. The largest absolute Gasteiger partial charge is 0.315 e. The van der Waals surface area contributed by atoms with Gasteiger partial charge >= 0.3 is 0 Å². The molecule has 0 bridgehead atoms. The summed E-state index contributed by atoms with van der Waals surface area (Å²) in [6.07, 6.45) is 3.95. The minimum atomic E-state index is 0.923. The zero-order chi connectivity index (χ0) is 14.4. The molecule has 1 aromatic heterocycles. The van der Waals surface area contributed by atoms with Crippen molar-refractivity contribution in [3.05, 3.63) is 42.1 Å². The minimum absolute atomic E-state index is 0.923. The molecule has 1 aromatic carbocycles. The van der Waals surface area contributed by atoms with Crippen molar-refractivity contribution in [2.24, 2.45) is 4.99 Å². The lowest BCUT2D eigenvalue weighted by molar-refractivity contribution is 1.23. The predicted molar refractivity (Wildman–Crippen MR) is 93.4 cm³/mol. The maximum atomic E-state index is 4.39. The second-order valence-electron chi connectivity index (χ2n) is 4.01. The highest BCUT2D eigenvalue weighted by atomic mass is 32.2. The molecule has 0 saturated carbocycles. The van der Waals surface area contributed by atoms with Gasteiger partial charge in [-0.05, 0) is 11.8 Å². The number of anilines is 1. The van der Waals surface area contributed by atoms with Crippen LogP contribution in [0.4, 0.5) is 5.00 Å². The van der Waals surface area contributed by atoms with Crippen LogP contribution in [0, 0.1) is 0 Å². The van der Waals surface area contributed by atoms with E-state index in [4.69, 9.17) is 0 Å². The number of hydrogen-bond donors (Lipinski definition) is 0. The molecule has 0 amide bonds. The highest BCUT2D eigenvalue weighted by Crippen LogP contribution is 2.30. The van der Waals surface area contributed by atoms with Gasteiger partial charge in [0.2, 0.25) is 0 Å². The van der Waals surface area contributed by atoms with Gasteiger partial charge in [0, 0.05) is 19.8 Å². The van der Waals surface area contributed by atoms with E-state index >= 15 is 0 Å². The van der Waals surface area contributed by atoms with E-state index < -0.39 is 0 Å². The Labute approximate surface area is 132 Å². The van der Waals surface area contributed by atoms with E-state index in [-0.39, 0.29) is 0 Å². The van der Waals surface area contributed by atoms with Crippen molar-refractivity contribution in [3.8, 4) is 0 Å². The SMILES string of the molecule is CN=C(SCc1ccccc1)N(C)c1cnc(SC)s1. The summed E-state index contributed by atoms with van der Waals surface area (Å²) in [7, 11) is 3.87. The van der Waals surface area contributed by atoms with E-state index in [0.717, 1.165) is 20.3 Å². The first-order chi connectivity index (χ1) is 9.74. The number of amidine groups is 1. The molecular formula is C14H17N3S3. The summed E-state index contributed by atoms with van der Waals surface area (Å²) in [6.45, 7) is 0. The molecule has 0 aliphatic heterocycles. The van der Waals surface area contributed by atoms with Crippen LogP contribution in [-0.2, 0) is 5.75 Å². The first-order valence-corrected chi connectivity index (χ1v) is 9.14. The topological polar surface area (TPSA) is 28.5 Å². The Hall–Kier alpha value is -0.980. The van der Waals surface area contributed by atoms with Crippen molar-refractivity contribution in [1.29, 1.82) is 0 Å². The molecule has 0 unspecified atom stereocenters. The number of thioether (sulfide) groups is 2. The van der Waals surface area contributed by atoms with Crippen LogP contribution in [-0.4, -0.2) is 30.5 Å². The van der Waals surface area contributed by atoms with Gasteiger partial charge in [0.1, 0.15) is 5.00 Å². The maximum absolute atomic E-state index is 4.39. The molecular weight excluding hydrogens is 306 g/mol. The fraction of sp³-hybridized carbons (Fsp3) is 0.286. The second kappa shape index (κ2) is 7.71. The number of rotatable bonds is 4. The van der Waals surface area contributed by atoms with Crippen molar-refractivity contribution < 1.29 is 0 Å². The molecule has 2 rings (SSSR count). The number of aromatic nitrogens is 1. The van der Waals surface area contributed by atoms with E-state index in [1.807, 2.05) is 32.6 Å². The maximum Gasteiger partial charge on any atom is 0.164 e. The van der Waals surface area contributed by atoms with Gasteiger partial charge in [-0.15, -0.1) is 0 Å². The zero-order valence-corrected chi connectivity index (χ0v) is 14.2. The summed E-state index contributed by atoms with van der Waals surface area (Å²) in [4.78, 5) is 10.9. The van der Waals surface area contributed by atoms with Crippen LogP contribution in [0.3, 0.4) is 0 Å².